The fourth-order valence-electron chi connectivity index (χ4n) is 3.20. The number of guanidine groups is 1. The van der Waals surface area contributed by atoms with Gasteiger partial charge in [0.2, 0.25) is 0 Å². The Hall–Kier alpha value is -0.900. The van der Waals surface area contributed by atoms with Crippen molar-refractivity contribution in [1.29, 1.82) is 0 Å². The molecule has 27 heavy (non-hydrogen) atoms. The molecule has 0 spiro atoms. The normalized spacial score (nSPS) is 18.3. The van der Waals surface area contributed by atoms with Gasteiger partial charge in [-0.3, -0.25) is 9.89 Å². The van der Waals surface area contributed by atoms with Gasteiger partial charge in [0.25, 0.3) is 0 Å². The molecule has 7 heteroatoms. The SMILES string of the molecule is CN=C(NCc1cccc(COC)c1)NCC1CN(CC(C)C)CCO1.I. The molecule has 2 N–H and O–H groups in total. The van der Waals surface area contributed by atoms with Crippen LogP contribution in [-0.4, -0.2) is 63.9 Å². The zero-order chi connectivity index (χ0) is 18.8. The highest BCUT2D eigenvalue weighted by atomic mass is 127. The van der Waals surface area contributed by atoms with Crippen molar-refractivity contribution < 1.29 is 9.47 Å². The number of benzene rings is 1. The van der Waals surface area contributed by atoms with Crippen molar-refractivity contribution >= 4 is 29.9 Å². The maximum atomic E-state index is 5.89. The monoisotopic (exact) mass is 490 g/mol. The van der Waals surface area contributed by atoms with Crippen molar-refractivity contribution in [2.24, 2.45) is 10.9 Å². The van der Waals surface area contributed by atoms with E-state index in [0.29, 0.717) is 12.5 Å². The molecule has 2 rings (SSSR count). The molecule has 0 aromatic heterocycles. The topological polar surface area (TPSA) is 58.1 Å². The van der Waals surface area contributed by atoms with E-state index in [4.69, 9.17) is 9.47 Å². The largest absolute Gasteiger partial charge is 0.380 e. The van der Waals surface area contributed by atoms with Gasteiger partial charge in [-0.05, 0) is 17.0 Å². The van der Waals surface area contributed by atoms with Gasteiger partial charge in [0, 0.05) is 46.9 Å². The lowest BCUT2D eigenvalue weighted by atomic mass is 10.1. The summed E-state index contributed by atoms with van der Waals surface area (Å²) in [5.41, 5.74) is 2.38. The van der Waals surface area contributed by atoms with Gasteiger partial charge < -0.3 is 20.1 Å². The molecule has 1 atom stereocenters. The highest BCUT2D eigenvalue weighted by Gasteiger charge is 2.21. The first-order valence-corrected chi connectivity index (χ1v) is 9.46. The first kappa shape index (κ1) is 24.1. The van der Waals surface area contributed by atoms with Crippen LogP contribution < -0.4 is 10.6 Å². The van der Waals surface area contributed by atoms with Crippen LogP contribution in [0.15, 0.2) is 29.3 Å². The summed E-state index contributed by atoms with van der Waals surface area (Å²) >= 11 is 0. The van der Waals surface area contributed by atoms with Crippen LogP contribution in [0.4, 0.5) is 0 Å². The smallest absolute Gasteiger partial charge is 0.191 e. The summed E-state index contributed by atoms with van der Waals surface area (Å²) < 4.78 is 11.1. The summed E-state index contributed by atoms with van der Waals surface area (Å²) in [6.07, 6.45) is 0.200. The van der Waals surface area contributed by atoms with Crippen molar-refractivity contribution in [2.75, 3.05) is 46.9 Å². The van der Waals surface area contributed by atoms with Crippen LogP contribution in [0, 0.1) is 5.92 Å². The quantitative estimate of drug-likeness (QED) is 0.333. The van der Waals surface area contributed by atoms with Gasteiger partial charge in [-0.1, -0.05) is 38.1 Å². The molecule has 0 amide bonds. The summed E-state index contributed by atoms with van der Waals surface area (Å²) in [4.78, 5) is 6.80. The van der Waals surface area contributed by atoms with Gasteiger partial charge in [0.1, 0.15) is 0 Å². The Morgan fingerprint density at radius 1 is 1.33 bits per heavy atom. The van der Waals surface area contributed by atoms with Crippen LogP contribution in [-0.2, 0) is 22.6 Å². The van der Waals surface area contributed by atoms with Crippen molar-refractivity contribution in [2.45, 2.75) is 33.1 Å². The van der Waals surface area contributed by atoms with Crippen LogP contribution in [0.5, 0.6) is 0 Å². The van der Waals surface area contributed by atoms with Gasteiger partial charge in [-0.25, -0.2) is 0 Å². The maximum Gasteiger partial charge on any atom is 0.191 e. The number of methoxy groups -OCH3 is 1. The summed E-state index contributed by atoms with van der Waals surface area (Å²) in [5, 5.41) is 6.75. The predicted molar refractivity (Wildman–Crippen MR) is 122 cm³/mol. The van der Waals surface area contributed by atoms with Crippen molar-refractivity contribution in [1.82, 2.24) is 15.5 Å². The predicted octanol–water partition coefficient (Wildman–Crippen LogP) is 2.47. The van der Waals surface area contributed by atoms with Crippen LogP contribution in [0.1, 0.15) is 25.0 Å². The van der Waals surface area contributed by atoms with Crippen LogP contribution >= 0.6 is 24.0 Å². The first-order valence-electron chi connectivity index (χ1n) is 9.46. The molecule has 154 valence electrons. The molecular weight excluding hydrogens is 455 g/mol. The average molecular weight is 490 g/mol. The molecule has 0 aliphatic carbocycles. The Morgan fingerprint density at radius 3 is 2.81 bits per heavy atom. The second-order valence-corrected chi connectivity index (χ2v) is 7.21. The lowest BCUT2D eigenvalue weighted by molar-refractivity contribution is -0.0284. The zero-order valence-electron chi connectivity index (χ0n) is 17.0. The molecule has 1 aliphatic heterocycles. The van der Waals surface area contributed by atoms with Gasteiger partial charge in [-0.15, -0.1) is 24.0 Å². The molecule has 0 bridgehead atoms. The van der Waals surface area contributed by atoms with Crippen molar-refractivity contribution in [3.63, 3.8) is 0 Å². The Morgan fingerprint density at radius 2 is 2.11 bits per heavy atom. The molecule has 1 aromatic rings. The molecule has 1 saturated heterocycles. The number of nitrogens with one attached hydrogen (secondary N) is 2. The van der Waals surface area contributed by atoms with Gasteiger partial charge in [-0.2, -0.15) is 0 Å². The summed E-state index contributed by atoms with van der Waals surface area (Å²) in [7, 11) is 3.51. The highest BCUT2D eigenvalue weighted by Crippen LogP contribution is 2.08. The van der Waals surface area contributed by atoms with Gasteiger partial charge in [0.05, 0.1) is 19.3 Å². The van der Waals surface area contributed by atoms with Gasteiger partial charge in [0.15, 0.2) is 5.96 Å². The fraction of sp³-hybridized carbons (Fsp3) is 0.650. The molecular formula is C20H35IN4O2. The van der Waals surface area contributed by atoms with Crippen LogP contribution in [0.3, 0.4) is 0 Å². The fourth-order valence-corrected chi connectivity index (χ4v) is 3.20. The number of nitrogens with zero attached hydrogens (tertiary/aromatic N) is 2. The standard InChI is InChI=1S/C20H34N4O2.HI/c1-16(2)13-24-8-9-26-19(14-24)12-23-20(21-3)22-11-17-6-5-7-18(10-17)15-25-4;/h5-7,10,16,19H,8-9,11-15H2,1-4H3,(H2,21,22,23);1H. The number of rotatable bonds is 8. The minimum absolute atomic E-state index is 0. The van der Waals surface area contributed by atoms with E-state index < -0.39 is 0 Å². The number of hydrogen-bond donors (Lipinski definition) is 2. The zero-order valence-corrected chi connectivity index (χ0v) is 19.4. The summed E-state index contributed by atoms with van der Waals surface area (Å²) in [5.74, 6) is 1.48. The molecule has 0 saturated carbocycles. The Balaban J connectivity index is 0.00000364. The van der Waals surface area contributed by atoms with Crippen molar-refractivity contribution in [3.8, 4) is 0 Å². The molecule has 1 heterocycles. The minimum Gasteiger partial charge on any atom is -0.380 e. The number of morpholine rings is 1. The highest BCUT2D eigenvalue weighted by molar-refractivity contribution is 14.0. The van der Waals surface area contributed by atoms with E-state index >= 15 is 0 Å². The lowest BCUT2D eigenvalue weighted by Crippen LogP contribution is -2.50. The van der Waals surface area contributed by atoms with E-state index in [1.165, 1.54) is 11.1 Å². The second kappa shape index (κ2) is 13.3. The Labute approximate surface area is 181 Å². The third-order valence-electron chi connectivity index (χ3n) is 4.33. The number of halogens is 1. The molecule has 1 aliphatic rings. The average Bonchev–Trinajstić information content (AvgIpc) is 2.62. The molecule has 1 fully saturated rings. The van der Waals surface area contributed by atoms with E-state index in [2.05, 4.69) is 58.6 Å². The summed E-state index contributed by atoms with van der Waals surface area (Å²) in [6, 6.07) is 8.38. The van der Waals surface area contributed by atoms with Crippen LogP contribution in [0.2, 0.25) is 0 Å². The molecule has 1 aromatic carbocycles. The van der Waals surface area contributed by atoms with E-state index in [-0.39, 0.29) is 30.1 Å². The van der Waals surface area contributed by atoms with E-state index in [1.54, 1.807) is 14.2 Å². The lowest BCUT2D eigenvalue weighted by Gasteiger charge is -2.34. The second-order valence-electron chi connectivity index (χ2n) is 7.21. The van der Waals surface area contributed by atoms with E-state index in [0.717, 1.165) is 45.3 Å². The van der Waals surface area contributed by atoms with E-state index in [1.807, 2.05) is 0 Å². The minimum atomic E-state index is 0. The number of hydrogen-bond acceptors (Lipinski definition) is 4. The Bertz CT molecular complexity index is 569. The molecule has 1 unspecified atom stereocenters. The Kier molecular flexibility index (Phi) is 11.9. The summed E-state index contributed by atoms with van der Waals surface area (Å²) in [6.45, 7) is 10.6. The third-order valence-corrected chi connectivity index (χ3v) is 4.33. The molecule has 6 nitrogen and oxygen atoms in total. The number of ether oxygens (including phenoxy) is 2. The van der Waals surface area contributed by atoms with Gasteiger partial charge >= 0.3 is 0 Å². The van der Waals surface area contributed by atoms with Crippen molar-refractivity contribution in [3.05, 3.63) is 35.4 Å². The van der Waals surface area contributed by atoms with E-state index in [9.17, 15) is 0 Å². The maximum absolute atomic E-state index is 5.89. The molecule has 0 radical (unpaired) electrons. The first-order chi connectivity index (χ1) is 12.6. The third kappa shape index (κ3) is 9.23. The van der Waals surface area contributed by atoms with Crippen LogP contribution in [0.25, 0.3) is 0 Å². The number of aliphatic imine (C=N–C) groups is 1.